The van der Waals surface area contributed by atoms with E-state index >= 15 is 0 Å². The highest BCUT2D eigenvalue weighted by Crippen LogP contribution is 2.23. The summed E-state index contributed by atoms with van der Waals surface area (Å²) in [6, 6.07) is 8.80. The third-order valence-corrected chi connectivity index (χ3v) is 4.13. The Kier molecular flexibility index (Phi) is 5.10. The Morgan fingerprint density at radius 1 is 1.19 bits per heavy atom. The number of nitrogens with one attached hydrogen (secondary N) is 1. The molecule has 2 aromatic rings. The van der Waals surface area contributed by atoms with Gasteiger partial charge in [0, 0.05) is 29.2 Å². The van der Waals surface area contributed by atoms with Crippen LogP contribution in [0, 0.1) is 5.92 Å². The largest absolute Gasteiger partial charge is 0.347 e. The zero-order valence-electron chi connectivity index (χ0n) is 14.2. The van der Waals surface area contributed by atoms with E-state index in [4.69, 9.17) is 0 Å². The van der Waals surface area contributed by atoms with Gasteiger partial charge < -0.3 is 9.88 Å². The normalized spacial score (nSPS) is 13.8. The maximum atomic E-state index is 3.59. The molecule has 0 radical (unpaired) electrons. The Bertz CT molecular complexity index is 575. The summed E-state index contributed by atoms with van der Waals surface area (Å²) in [5, 5.41) is 5.00. The highest BCUT2D eigenvalue weighted by molar-refractivity contribution is 5.84. The molecule has 0 saturated carbocycles. The van der Waals surface area contributed by atoms with Crippen molar-refractivity contribution >= 4 is 10.9 Å². The second-order valence-corrected chi connectivity index (χ2v) is 7.26. The van der Waals surface area contributed by atoms with Crippen LogP contribution in [-0.4, -0.2) is 16.7 Å². The molecular weight excluding hydrogens is 256 g/mol. The predicted molar refractivity (Wildman–Crippen MR) is 92.9 cm³/mol. The van der Waals surface area contributed by atoms with Gasteiger partial charge in [0.05, 0.1) is 0 Å². The molecule has 0 aliphatic rings. The van der Waals surface area contributed by atoms with Crippen molar-refractivity contribution < 1.29 is 0 Å². The summed E-state index contributed by atoms with van der Waals surface area (Å²) in [5.74, 6) is 0.723. The first kappa shape index (κ1) is 16.1. The van der Waals surface area contributed by atoms with Crippen molar-refractivity contribution in [1.82, 2.24) is 9.88 Å². The molecule has 2 heteroatoms. The topological polar surface area (TPSA) is 17.0 Å². The van der Waals surface area contributed by atoms with Crippen LogP contribution in [0.4, 0.5) is 0 Å². The van der Waals surface area contributed by atoms with Gasteiger partial charge in [-0.25, -0.2) is 0 Å². The fourth-order valence-electron chi connectivity index (χ4n) is 2.71. The molecule has 1 atom stereocenters. The van der Waals surface area contributed by atoms with Crippen LogP contribution in [0.1, 0.15) is 46.6 Å². The zero-order valence-corrected chi connectivity index (χ0v) is 14.2. The Hall–Kier alpha value is -1.28. The van der Waals surface area contributed by atoms with Crippen molar-refractivity contribution in [2.45, 2.75) is 59.5 Å². The molecule has 1 aromatic carbocycles. The van der Waals surface area contributed by atoms with E-state index in [2.05, 4.69) is 75.0 Å². The summed E-state index contributed by atoms with van der Waals surface area (Å²) in [6.45, 7) is 13.4. The van der Waals surface area contributed by atoms with Gasteiger partial charge in [-0.05, 0) is 51.3 Å². The Balaban J connectivity index is 2.19. The van der Waals surface area contributed by atoms with E-state index in [0.29, 0.717) is 0 Å². The first-order chi connectivity index (χ1) is 9.90. The van der Waals surface area contributed by atoms with E-state index in [-0.39, 0.29) is 5.54 Å². The first-order valence-electron chi connectivity index (χ1n) is 8.22. The van der Waals surface area contributed by atoms with Gasteiger partial charge in [0.2, 0.25) is 0 Å². The molecule has 2 nitrogen and oxygen atoms in total. The monoisotopic (exact) mass is 286 g/mol. The highest BCUT2D eigenvalue weighted by Gasteiger charge is 2.12. The standard InChI is InChI=1S/C19H30N2/c1-6-15(2)13-21-14-16(11-12-20-19(3,4)5)17-9-7-8-10-18(17)21/h7-10,14-15,20H,6,11-13H2,1-5H3. The fourth-order valence-corrected chi connectivity index (χ4v) is 2.71. The smallest absolute Gasteiger partial charge is 0.0483 e. The molecule has 1 N–H and O–H groups in total. The van der Waals surface area contributed by atoms with Crippen LogP contribution >= 0.6 is 0 Å². The van der Waals surface area contributed by atoms with Crippen molar-refractivity contribution in [2.75, 3.05) is 6.54 Å². The van der Waals surface area contributed by atoms with E-state index in [1.807, 2.05) is 0 Å². The van der Waals surface area contributed by atoms with Crippen LogP contribution in [-0.2, 0) is 13.0 Å². The maximum Gasteiger partial charge on any atom is 0.0483 e. The van der Waals surface area contributed by atoms with Crippen LogP contribution < -0.4 is 5.32 Å². The lowest BCUT2D eigenvalue weighted by molar-refractivity contribution is 0.429. The van der Waals surface area contributed by atoms with Crippen molar-refractivity contribution in [1.29, 1.82) is 0 Å². The number of benzene rings is 1. The van der Waals surface area contributed by atoms with Gasteiger partial charge in [-0.1, -0.05) is 38.5 Å². The molecule has 2 rings (SSSR count). The third-order valence-electron chi connectivity index (χ3n) is 4.13. The summed E-state index contributed by atoms with van der Waals surface area (Å²) in [6.07, 6.45) is 4.68. The van der Waals surface area contributed by atoms with Crippen LogP contribution in [0.3, 0.4) is 0 Å². The average Bonchev–Trinajstić information content (AvgIpc) is 2.76. The number of hydrogen-bond acceptors (Lipinski definition) is 1. The second kappa shape index (κ2) is 6.65. The maximum absolute atomic E-state index is 3.59. The van der Waals surface area contributed by atoms with E-state index in [1.165, 1.54) is 22.9 Å². The number of rotatable bonds is 6. The van der Waals surface area contributed by atoms with Gasteiger partial charge in [-0.15, -0.1) is 0 Å². The zero-order chi connectivity index (χ0) is 15.5. The lowest BCUT2D eigenvalue weighted by atomic mass is 10.1. The summed E-state index contributed by atoms with van der Waals surface area (Å²) in [7, 11) is 0. The molecule has 0 amide bonds. The second-order valence-electron chi connectivity index (χ2n) is 7.26. The molecule has 21 heavy (non-hydrogen) atoms. The Morgan fingerprint density at radius 2 is 1.90 bits per heavy atom. The molecule has 116 valence electrons. The number of para-hydroxylation sites is 1. The number of nitrogens with zero attached hydrogens (tertiary/aromatic N) is 1. The average molecular weight is 286 g/mol. The first-order valence-corrected chi connectivity index (χ1v) is 8.22. The van der Waals surface area contributed by atoms with Crippen molar-refractivity contribution in [3.63, 3.8) is 0 Å². The van der Waals surface area contributed by atoms with Gasteiger partial charge in [0.25, 0.3) is 0 Å². The molecule has 0 fully saturated rings. The molecule has 0 aliphatic heterocycles. The van der Waals surface area contributed by atoms with Crippen LogP contribution in [0.5, 0.6) is 0 Å². The molecule has 0 spiro atoms. The van der Waals surface area contributed by atoms with Gasteiger partial charge >= 0.3 is 0 Å². The van der Waals surface area contributed by atoms with E-state index in [1.54, 1.807) is 0 Å². The summed E-state index contributed by atoms with van der Waals surface area (Å²) in [5.41, 5.74) is 3.03. The summed E-state index contributed by atoms with van der Waals surface area (Å²) < 4.78 is 2.44. The molecule has 0 saturated heterocycles. The van der Waals surface area contributed by atoms with Gasteiger partial charge in [0.15, 0.2) is 0 Å². The van der Waals surface area contributed by atoms with Crippen molar-refractivity contribution in [2.24, 2.45) is 5.92 Å². The minimum atomic E-state index is 0.190. The van der Waals surface area contributed by atoms with Gasteiger partial charge in [-0.2, -0.15) is 0 Å². The predicted octanol–water partition coefficient (Wildman–Crippen LogP) is 4.62. The molecular formula is C19H30N2. The third kappa shape index (κ3) is 4.34. The van der Waals surface area contributed by atoms with E-state index < -0.39 is 0 Å². The minimum absolute atomic E-state index is 0.190. The lowest BCUT2D eigenvalue weighted by Gasteiger charge is -2.20. The SMILES string of the molecule is CCC(C)Cn1cc(CCNC(C)(C)C)c2ccccc21. The lowest BCUT2D eigenvalue weighted by Crippen LogP contribution is -2.37. The van der Waals surface area contributed by atoms with Gasteiger partial charge in [0.1, 0.15) is 0 Å². The number of hydrogen-bond donors (Lipinski definition) is 1. The highest BCUT2D eigenvalue weighted by atomic mass is 15.0. The van der Waals surface area contributed by atoms with Crippen LogP contribution in [0.15, 0.2) is 30.5 Å². The molecule has 1 unspecified atom stereocenters. The quantitative estimate of drug-likeness (QED) is 0.820. The summed E-state index contributed by atoms with van der Waals surface area (Å²) >= 11 is 0. The Labute approximate surface area is 129 Å². The van der Waals surface area contributed by atoms with Crippen molar-refractivity contribution in [3.8, 4) is 0 Å². The molecule has 1 aromatic heterocycles. The fraction of sp³-hybridized carbons (Fsp3) is 0.579. The molecule has 1 heterocycles. The molecule has 0 bridgehead atoms. The van der Waals surface area contributed by atoms with Crippen LogP contribution in [0.25, 0.3) is 10.9 Å². The number of fused-ring (bicyclic) bond motifs is 1. The minimum Gasteiger partial charge on any atom is -0.347 e. The van der Waals surface area contributed by atoms with Crippen molar-refractivity contribution in [3.05, 3.63) is 36.0 Å². The van der Waals surface area contributed by atoms with E-state index in [0.717, 1.165) is 25.4 Å². The van der Waals surface area contributed by atoms with Gasteiger partial charge in [-0.3, -0.25) is 0 Å². The number of aromatic nitrogens is 1. The van der Waals surface area contributed by atoms with Crippen LogP contribution in [0.2, 0.25) is 0 Å². The summed E-state index contributed by atoms with van der Waals surface area (Å²) in [4.78, 5) is 0. The van der Waals surface area contributed by atoms with E-state index in [9.17, 15) is 0 Å². The molecule has 0 aliphatic carbocycles. The Morgan fingerprint density at radius 3 is 2.57 bits per heavy atom.